The second-order valence-corrected chi connectivity index (χ2v) is 23.1. The Morgan fingerprint density at radius 1 is 0.316 bits per heavy atom. The molecule has 0 N–H and O–H groups in total. The third kappa shape index (κ3) is 6.63. The molecule has 2 aliphatic rings. The fourth-order valence-electron chi connectivity index (χ4n) is 14.5. The summed E-state index contributed by atoms with van der Waals surface area (Å²) in [6, 6.07) is 43.6. The van der Waals surface area contributed by atoms with Crippen molar-refractivity contribution in [2.45, 2.75) is 0 Å². The molecule has 1 unspecified atom stereocenters. The van der Waals surface area contributed by atoms with Crippen LogP contribution in [0.2, 0.25) is 0 Å². The van der Waals surface area contributed by atoms with E-state index < -0.39 is 0 Å². The number of furan rings is 1. The first-order valence-corrected chi connectivity index (χ1v) is 27.6. The van der Waals surface area contributed by atoms with Crippen molar-refractivity contribution < 1.29 is 4.42 Å². The molecule has 11 aromatic rings. The summed E-state index contributed by atoms with van der Waals surface area (Å²) in [5.41, 5.74) is 36.1. The number of hydrogen-bond acceptors (Lipinski definition) is 1. The van der Waals surface area contributed by atoms with Crippen molar-refractivity contribution in [1.82, 2.24) is 0 Å². The molecule has 13 rings (SSSR count). The summed E-state index contributed by atoms with van der Waals surface area (Å²) >= 11 is 0. The Balaban J connectivity index is 1.06. The zero-order chi connectivity index (χ0) is 53.2. The van der Waals surface area contributed by atoms with Gasteiger partial charge in [0, 0.05) is 16.7 Å². The third-order valence-corrected chi connectivity index (χ3v) is 20.0. The normalized spacial score (nSPS) is 14.6. The average molecular weight is 950 g/mol. The molecule has 0 fully saturated rings. The van der Waals surface area contributed by atoms with Crippen LogP contribution in [0.25, 0.3) is 98.4 Å². The van der Waals surface area contributed by atoms with Crippen molar-refractivity contribution in [1.29, 1.82) is 0 Å². The first kappa shape index (κ1) is 48.9. The van der Waals surface area contributed by atoms with Crippen LogP contribution in [-0.4, -0.2) is 126 Å². The summed E-state index contributed by atoms with van der Waals surface area (Å²) in [6.45, 7) is 0. The fraction of sp³-hybridized carbons (Fsp3) is 0.0169. The SMILES string of the molecule is BC1=C(B)C2C(=C1B)C(c1cc3cc(-c4ccc5c(c4)oc4cccc(-c6cc7ccccc7c7c(B)c(B)c(B)c(B)c67)c45)ccc3c3ccccc13)=c1c(B)c(B)c(B)c(B)c1=C2c1c(B)c(B)c(B)c(B)c1B. The number of allylic oxidation sites excluding steroid dienone is 4. The number of benzene rings is 10. The Bertz CT molecular complexity index is 4750. The molecule has 1 aromatic heterocycles. The molecule has 10 aromatic carbocycles. The van der Waals surface area contributed by atoms with E-state index in [0.29, 0.717) is 0 Å². The molecule has 0 spiro atoms. The van der Waals surface area contributed by atoms with Crippen molar-refractivity contribution >= 4 is 273 Å². The van der Waals surface area contributed by atoms with Gasteiger partial charge in [-0.3, -0.25) is 0 Å². The van der Waals surface area contributed by atoms with E-state index >= 15 is 0 Å². The molecule has 76 heavy (non-hydrogen) atoms. The second kappa shape index (κ2) is 17.4. The average Bonchev–Trinajstić information content (AvgIpc) is 4.08. The predicted molar refractivity (Wildman–Crippen MR) is 381 cm³/mol. The zero-order valence-electron chi connectivity index (χ0n) is 47.5. The molecule has 0 radical (unpaired) electrons. The van der Waals surface area contributed by atoms with Crippen LogP contribution in [0.1, 0.15) is 11.1 Å². The van der Waals surface area contributed by atoms with E-state index in [1.807, 2.05) is 0 Å². The Kier molecular flexibility index (Phi) is 11.2. The second-order valence-electron chi connectivity index (χ2n) is 23.1. The highest BCUT2D eigenvalue weighted by molar-refractivity contribution is 6.70. The fourth-order valence-corrected chi connectivity index (χ4v) is 14.5. The van der Waals surface area contributed by atoms with E-state index in [4.69, 9.17) is 4.42 Å². The predicted octanol–water partition coefficient (Wildman–Crippen LogP) is -11.7. The Labute approximate surface area is 461 Å². The Morgan fingerprint density at radius 2 is 0.868 bits per heavy atom. The minimum absolute atomic E-state index is 0.139. The van der Waals surface area contributed by atoms with E-state index in [2.05, 4.69) is 241 Å². The van der Waals surface area contributed by atoms with Crippen LogP contribution >= 0.6 is 0 Å². The molecule has 17 heteroatoms. The lowest BCUT2D eigenvalue weighted by atomic mass is 9.55. The van der Waals surface area contributed by atoms with Crippen molar-refractivity contribution in [3.63, 3.8) is 0 Å². The van der Waals surface area contributed by atoms with E-state index in [9.17, 15) is 0 Å². The lowest BCUT2D eigenvalue weighted by Gasteiger charge is -2.35. The van der Waals surface area contributed by atoms with Gasteiger partial charge in [-0.2, -0.15) is 0 Å². The summed E-state index contributed by atoms with van der Waals surface area (Å²) in [5, 5.41) is 15.5. The summed E-state index contributed by atoms with van der Waals surface area (Å²) in [5.74, 6) is 0.139. The van der Waals surface area contributed by atoms with E-state index in [1.54, 1.807) is 0 Å². The van der Waals surface area contributed by atoms with Gasteiger partial charge in [0.05, 0.1) is 0 Å². The molecular weight excluding hydrogens is 898 g/mol. The number of fused-ring (bicyclic) bond motifs is 11. The van der Waals surface area contributed by atoms with Gasteiger partial charge in [0.25, 0.3) is 0 Å². The summed E-state index contributed by atoms with van der Waals surface area (Å²) < 4.78 is 6.92. The van der Waals surface area contributed by atoms with Crippen molar-refractivity contribution in [3.05, 3.63) is 159 Å². The smallest absolute Gasteiger partial charge is 0.139 e. The summed E-state index contributed by atoms with van der Waals surface area (Å²) in [7, 11) is 37.6. The monoisotopic (exact) mass is 953 g/mol. The number of hydrogen-bond donors (Lipinski definition) is 0. The van der Waals surface area contributed by atoms with Gasteiger partial charge in [0.1, 0.15) is 137 Å². The van der Waals surface area contributed by atoms with Crippen LogP contribution in [0.3, 0.4) is 0 Å². The van der Waals surface area contributed by atoms with E-state index in [0.717, 1.165) is 22.1 Å². The molecule has 1 nitrogen and oxygen atoms in total. The van der Waals surface area contributed by atoms with Crippen LogP contribution in [0, 0.1) is 5.92 Å². The molecule has 0 saturated carbocycles. The van der Waals surface area contributed by atoms with Crippen molar-refractivity contribution in [3.8, 4) is 22.3 Å². The Morgan fingerprint density at radius 3 is 1.57 bits per heavy atom. The molecule has 0 bridgehead atoms. The molecular formula is C59H52B16O. The van der Waals surface area contributed by atoms with Gasteiger partial charge in [0.15, 0.2) is 0 Å². The molecule has 1 heterocycles. The van der Waals surface area contributed by atoms with Gasteiger partial charge in [-0.15, -0.1) is 49.2 Å². The molecule has 0 aliphatic heterocycles. The topological polar surface area (TPSA) is 13.1 Å². The van der Waals surface area contributed by atoms with Gasteiger partial charge >= 0.3 is 0 Å². The highest BCUT2D eigenvalue weighted by atomic mass is 16.3. The van der Waals surface area contributed by atoms with Gasteiger partial charge < -0.3 is 4.42 Å². The molecule has 0 saturated heterocycles. The summed E-state index contributed by atoms with van der Waals surface area (Å²) in [4.78, 5) is 0. The molecule has 1 atom stereocenters. The largest absolute Gasteiger partial charge is 0.456 e. The first-order valence-electron chi connectivity index (χ1n) is 27.6. The van der Waals surface area contributed by atoms with Gasteiger partial charge in [-0.05, 0) is 140 Å². The quantitative estimate of drug-likeness (QED) is 0.127. The Hall–Kier alpha value is -6.70. The maximum absolute atomic E-state index is 6.92. The van der Waals surface area contributed by atoms with Crippen molar-refractivity contribution in [2.75, 3.05) is 0 Å². The van der Waals surface area contributed by atoms with Crippen LogP contribution in [0.5, 0.6) is 0 Å². The van der Waals surface area contributed by atoms with Gasteiger partial charge in [-0.25, -0.2) is 0 Å². The molecule has 342 valence electrons. The van der Waals surface area contributed by atoms with Crippen LogP contribution in [0.4, 0.5) is 0 Å². The summed E-state index contributed by atoms with van der Waals surface area (Å²) in [6.07, 6.45) is 0. The number of rotatable bonds is 4. The molecule has 2 aliphatic carbocycles. The highest BCUT2D eigenvalue weighted by Gasteiger charge is 2.38. The van der Waals surface area contributed by atoms with E-state index in [-0.39, 0.29) is 5.92 Å². The lowest BCUT2D eigenvalue weighted by Crippen LogP contribution is -2.67. The van der Waals surface area contributed by atoms with Crippen LogP contribution in [-0.2, 0) is 0 Å². The van der Waals surface area contributed by atoms with Crippen LogP contribution < -0.4 is 81.5 Å². The minimum atomic E-state index is 0.139. The minimum Gasteiger partial charge on any atom is -0.456 e. The molecule has 0 amide bonds. The first-order chi connectivity index (χ1) is 36.4. The standard InChI is InChI=1S/C59H52B16O/c60-44-36-25-7-2-1-6-22(25)17-31(37(36)45(61)54(70)53(44)69)28-10-5-11-32-34(28)29-15-13-21(19-33(29)76-32)20-12-14-24-23(16-20)18-30(27-9-4-3-8-26(24)27)35-39-41(48(64)52(68)46(39)62)38(42-40(35)47(63)55(71)56(72)49(42)65)43-50(66)57(73)59(75)58(74)51(43)67/h1-19,41H,60-75H2. The van der Waals surface area contributed by atoms with Crippen LogP contribution in [0.15, 0.2) is 142 Å². The lowest BCUT2D eigenvalue weighted by molar-refractivity contribution is 0.669. The third-order valence-electron chi connectivity index (χ3n) is 20.0. The zero-order valence-corrected chi connectivity index (χ0v) is 47.5. The van der Waals surface area contributed by atoms with Crippen molar-refractivity contribution in [2.24, 2.45) is 5.92 Å². The van der Waals surface area contributed by atoms with Gasteiger partial charge in [-0.1, -0.05) is 117 Å². The maximum atomic E-state index is 6.92. The highest BCUT2D eigenvalue weighted by Crippen LogP contribution is 2.48. The maximum Gasteiger partial charge on any atom is 0.139 e. The van der Waals surface area contributed by atoms with E-state index in [1.165, 1.54) is 191 Å². The van der Waals surface area contributed by atoms with Gasteiger partial charge in [0.2, 0.25) is 0 Å².